The molecule has 0 bridgehead atoms. The molecule has 0 aliphatic carbocycles. The lowest BCUT2D eigenvalue weighted by molar-refractivity contribution is -0.736. The van der Waals surface area contributed by atoms with Gasteiger partial charge in [0.25, 0.3) is 10.8 Å². The van der Waals surface area contributed by atoms with Crippen molar-refractivity contribution in [2.75, 3.05) is 40.3 Å². The predicted molar refractivity (Wildman–Crippen MR) is 62.3 cm³/mol. The maximum absolute atomic E-state index is 12.2. The van der Waals surface area contributed by atoms with Crippen LogP contribution in [0.3, 0.4) is 0 Å². The zero-order valence-corrected chi connectivity index (χ0v) is 10.4. The van der Waals surface area contributed by atoms with E-state index < -0.39 is 0 Å². The number of carbonyl (C=O) groups is 1. The van der Waals surface area contributed by atoms with Crippen LogP contribution in [0.4, 0.5) is 5.69 Å². The number of rotatable bonds is 3. The Bertz CT molecular complexity index is 450. The van der Waals surface area contributed by atoms with Crippen molar-refractivity contribution in [3.05, 3.63) is 16.8 Å². The van der Waals surface area contributed by atoms with Crippen LogP contribution in [0.15, 0.2) is 6.20 Å². The van der Waals surface area contributed by atoms with E-state index in [2.05, 4.69) is 19.9 Å². The van der Waals surface area contributed by atoms with E-state index in [-0.39, 0.29) is 22.2 Å². The Balaban J connectivity index is 2.14. The van der Waals surface area contributed by atoms with Crippen molar-refractivity contribution < 1.29 is 14.6 Å². The molecule has 0 atom stereocenters. The lowest BCUT2D eigenvalue weighted by Crippen LogP contribution is -2.47. The van der Waals surface area contributed by atoms with E-state index >= 15 is 0 Å². The number of aromatic nitrogens is 2. The second-order valence-electron chi connectivity index (χ2n) is 4.17. The van der Waals surface area contributed by atoms with E-state index in [0.29, 0.717) is 13.1 Å². The summed E-state index contributed by atoms with van der Waals surface area (Å²) in [4.78, 5) is 32.3. The number of likely N-dealkylation sites (N-methyl/N-ethyl adjacent to an activating group) is 1. The van der Waals surface area contributed by atoms with Gasteiger partial charge in [0.15, 0.2) is 7.11 Å². The van der Waals surface area contributed by atoms with Gasteiger partial charge in [-0.15, -0.1) is 0 Å². The number of hydrogen-bond donors (Lipinski definition) is 1. The zero-order chi connectivity index (χ0) is 13.1. The summed E-state index contributed by atoms with van der Waals surface area (Å²) in [6.45, 7) is 2.92. The van der Waals surface area contributed by atoms with Gasteiger partial charge in [0.05, 0.1) is 4.91 Å². The third-order valence-electron chi connectivity index (χ3n) is 2.99. The molecule has 1 amide bonds. The highest BCUT2D eigenvalue weighted by molar-refractivity contribution is 5.96. The van der Waals surface area contributed by atoms with Gasteiger partial charge in [0.2, 0.25) is 5.69 Å². The standard InChI is InChI=1S/C10H15N5O3/c1-13-3-5-14(6-4-13)10(16)9-8(7-11-12-9)15(17)18-2/h7H,3-6H2,1-2H3/p+1. The number of aromatic amines is 1. The van der Waals surface area contributed by atoms with Gasteiger partial charge in [-0.05, 0) is 7.05 Å². The summed E-state index contributed by atoms with van der Waals surface area (Å²) in [6, 6.07) is 0. The van der Waals surface area contributed by atoms with Crippen LogP contribution in [0.25, 0.3) is 0 Å². The van der Waals surface area contributed by atoms with Crippen molar-refractivity contribution in [2.24, 2.45) is 0 Å². The van der Waals surface area contributed by atoms with Gasteiger partial charge in [-0.25, -0.2) is 4.84 Å². The minimum absolute atomic E-state index is 0.0985. The van der Waals surface area contributed by atoms with E-state index in [9.17, 15) is 9.70 Å². The summed E-state index contributed by atoms with van der Waals surface area (Å²) in [6.07, 6.45) is 1.28. The van der Waals surface area contributed by atoms with Crippen LogP contribution in [0.5, 0.6) is 0 Å². The molecule has 8 heteroatoms. The quantitative estimate of drug-likeness (QED) is 0.753. The normalized spacial score (nSPS) is 16.7. The largest absolute Gasteiger partial charge is 0.366 e. The first-order valence-electron chi connectivity index (χ1n) is 5.66. The number of H-pyrrole nitrogens is 1. The second kappa shape index (κ2) is 5.13. The summed E-state index contributed by atoms with van der Waals surface area (Å²) in [5.74, 6) is -0.228. The van der Waals surface area contributed by atoms with Gasteiger partial charge in [0, 0.05) is 26.2 Å². The van der Waals surface area contributed by atoms with Gasteiger partial charge in [0.1, 0.15) is 6.20 Å². The molecule has 0 spiro atoms. The fourth-order valence-electron chi connectivity index (χ4n) is 1.84. The van der Waals surface area contributed by atoms with Gasteiger partial charge in [-0.3, -0.25) is 9.89 Å². The minimum atomic E-state index is -0.228. The SMILES string of the molecule is CO[N+](=O)c1cn[nH]c1C(=O)N1CCN(C)CC1. The van der Waals surface area contributed by atoms with E-state index in [1.54, 1.807) is 4.90 Å². The fourth-order valence-corrected chi connectivity index (χ4v) is 1.84. The Morgan fingerprint density at radius 2 is 2.11 bits per heavy atom. The molecule has 1 fully saturated rings. The average molecular weight is 254 g/mol. The molecule has 1 aromatic heterocycles. The molecule has 98 valence electrons. The van der Waals surface area contributed by atoms with Crippen molar-refractivity contribution in [2.45, 2.75) is 0 Å². The molecule has 8 nitrogen and oxygen atoms in total. The Kier molecular flexibility index (Phi) is 3.56. The lowest BCUT2D eigenvalue weighted by atomic mass is 10.2. The molecular formula is C10H16N5O3+. The maximum Gasteiger partial charge on any atom is 0.366 e. The summed E-state index contributed by atoms with van der Waals surface area (Å²) in [5.41, 5.74) is 0.262. The molecule has 2 rings (SSSR count). The van der Waals surface area contributed by atoms with Crippen molar-refractivity contribution in [1.29, 1.82) is 0 Å². The van der Waals surface area contributed by atoms with Crippen LogP contribution >= 0.6 is 0 Å². The van der Waals surface area contributed by atoms with Gasteiger partial charge in [-0.2, -0.15) is 5.10 Å². The predicted octanol–water partition coefficient (Wildman–Crippen LogP) is -0.231. The summed E-state index contributed by atoms with van der Waals surface area (Å²) >= 11 is 0. The van der Waals surface area contributed by atoms with Crippen LogP contribution < -0.4 is 0 Å². The highest BCUT2D eigenvalue weighted by Crippen LogP contribution is 2.18. The summed E-state index contributed by atoms with van der Waals surface area (Å²) in [7, 11) is 3.25. The van der Waals surface area contributed by atoms with Gasteiger partial charge >= 0.3 is 5.69 Å². The van der Waals surface area contributed by atoms with Crippen molar-refractivity contribution in [3.8, 4) is 0 Å². The number of nitrogens with one attached hydrogen (secondary N) is 1. The Morgan fingerprint density at radius 3 is 2.72 bits per heavy atom. The van der Waals surface area contributed by atoms with Gasteiger partial charge in [-0.1, -0.05) is 0 Å². The summed E-state index contributed by atoms with van der Waals surface area (Å²) < 4.78 is 0. The van der Waals surface area contributed by atoms with Crippen LogP contribution in [-0.2, 0) is 4.84 Å². The highest BCUT2D eigenvalue weighted by atomic mass is 16.8. The Morgan fingerprint density at radius 1 is 1.44 bits per heavy atom. The molecule has 1 N–H and O–H groups in total. The molecule has 0 radical (unpaired) electrons. The van der Waals surface area contributed by atoms with E-state index in [1.807, 2.05) is 7.05 Å². The average Bonchev–Trinajstić information content (AvgIpc) is 2.87. The molecule has 0 aromatic carbocycles. The monoisotopic (exact) mass is 254 g/mol. The molecule has 0 saturated carbocycles. The van der Waals surface area contributed by atoms with Gasteiger partial charge < -0.3 is 9.80 Å². The molecule has 1 aliphatic heterocycles. The highest BCUT2D eigenvalue weighted by Gasteiger charge is 2.32. The van der Waals surface area contributed by atoms with Crippen molar-refractivity contribution in [3.63, 3.8) is 0 Å². The number of nitrogens with zero attached hydrogens (tertiary/aromatic N) is 4. The Hall–Kier alpha value is -1.96. The lowest BCUT2D eigenvalue weighted by Gasteiger charge is -2.31. The fraction of sp³-hybridized carbons (Fsp3) is 0.600. The minimum Gasteiger partial charge on any atom is -0.335 e. The molecule has 0 unspecified atom stereocenters. The smallest absolute Gasteiger partial charge is 0.335 e. The van der Waals surface area contributed by atoms with E-state index in [0.717, 1.165) is 13.1 Å². The number of carbonyl (C=O) groups excluding carboxylic acids is 1. The summed E-state index contributed by atoms with van der Waals surface area (Å²) in [5, 5.41) is 6.27. The molecule has 1 aromatic rings. The molecular weight excluding hydrogens is 238 g/mol. The number of hydrogen-bond acceptors (Lipinski definition) is 5. The van der Waals surface area contributed by atoms with Crippen LogP contribution in [-0.4, -0.2) is 71.2 Å². The topological polar surface area (TPSA) is 81.5 Å². The third kappa shape index (κ3) is 2.33. The van der Waals surface area contributed by atoms with Crippen LogP contribution in [0.2, 0.25) is 0 Å². The molecule has 2 heterocycles. The van der Waals surface area contributed by atoms with Crippen LogP contribution in [0, 0.1) is 4.91 Å². The third-order valence-corrected chi connectivity index (χ3v) is 2.99. The van der Waals surface area contributed by atoms with Crippen molar-refractivity contribution in [1.82, 2.24) is 20.0 Å². The first kappa shape index (κ1) is 12.5. The second-order valence-corrected chi connectivity index (χ2v) is 4.17. The first-order chi connectivity index (χ1) is 8.63. The Labute approximate surface area is 104 Å². The van der Waals surface area contributed by atoms with Crippen LogP contribution in [0.1, 0.15) is 10.5 Å². The van der Waals surface area contributed by atoms with Crippen molar-refractivity contribution >= 4 is 11.6 Å². The van der Waals surface area contributed by atoms with E-state index in [1.165, 1.54) is 13.3 Å². The molecule has 1 saturated heterocycles. The number of piperazine rings is 1. The molecule has 1 aliphatic rings. The van der Waals surface area contributed by atoms with E-state index in [4.69, 9.17) is 0 Å². The first-order valence-corrected chi connectivity index (χ1v) is 5.66. The zero-order valence-electron chi connectivity index (χ0n) is 10.4. The number of amides is 1. The maximum atomic E-state index is 12.2. The molecule has 18 heavy (non-hydrogen) atoms.